The third-order valence-electron chi connectivity index (χ3n) is 4.37. The van der Waals surface area contributed by atoms with E-state index in [1.165, 1.54) is 30.0 Å². The van der Waals surface area contributed by atoms with Crippen molar-refractivity contribution in [1.82, 2.24) is 0 Å². The van der Waals surface area contributed by atoms with Crippen LogP contribution in [0.2, 0.25) is 0 Å². The fraction of sp³-hybridized carbons (Fsp3) is 0.100. The molecule has 3 nitrogen and oxygen atoms in total. The molecular formula is C20H14F3NO2S2. The van der Waals surface area contributed by atoms with Gasteiger partial charge in [0.25, 0.3) is 10.0 Å². The largest absolute Gasteiger partial charge is 0.416 e. The number of benzene rings is 3. The van der Waals surface area contributed by atoms with Crippen molar-refractivity contribution in [2.75, 3.05) is 4.31 Å². The number of para-hydroxylation sites is 1. The van der Waals surface area contributed by atoms with Crippen LogP contribution in [-0.2, 0) is 16.2 Å². The maximum absolute atomic E-state index is 13.4. The summed E-state index contributed by atoms with van der Waals surface area (Å²) >= 11 is 1.25. The first-order valence-corrected chi connectivity index (χ1v) is 10.5. The third kappa shape index (κ3) is 3.16. The minimum absolute atomic E-state index is 0.000833. The summed E-state index contributed by atoms with van der Waals surface area (Å²) in [5.74, 6) is 0. The standard InChI is InChI=1S/C20H14F3NO2S2/c1-13-6-9-15(10-7-13)28(25,26)24-16-4-2-3-5-18(16)27-19-11-8-14(12-17(19)24)20(21,22)23/h2-12H,1H3. The van der Waals surface area contributed by atoms with Crippen LogP contribution in [-0.4, -0.2) is 8.42 Å². The zero-order chi connectivity index (χ0) is 20.1. The highest BCUT2D eigenvalue weighted by Gasteiger charge is 2.37. The van der Waals surface area contributed by atoms with Crippen LogP contribution in [0.5, 0.6) is 0 Å². The molecule has 0 spiro atoms. The van der Waals surface area contributed by atoms with Gasteiger partial charge in [0.15, 0.2) is 0 Å². The summed E-state index contributed by atoms with van der Waals surface area (Å²) < 4.78 is 67.7. The van der Waals surface area contributed by atoms with Crippen LogP contribution in [0, 0.1) is 6.92 Å². The molecule has 0 aromatic heterocycles. The highest BCUT2D eigenvalue weighted by molar-refractivity contribution is 8.00. The van der Waals surface area contributed by atoms with Crippen molar-refractivity contribution < 1.29 is 21.6 Å². The molecule has 0 aliphatic carbocycles. The van der Waals surface area contributed by atoms with Gasteiger partial charge in [0.2, 0.25) is 0 Å². The van der Waals surface area contributed by atoms with Gasteiger partial charge in [-0.3, -0.25) is 0 Å². The van der Waals surface area contributed by atoms with E-state index in [-0.39, 0.29) is 10.6 Å². The second kappa shape index (κ2) is 6.56. The fourth-order valence-corrected chi connectivity index (χ4v) is 5.65. The number of alkyl halides is 3. The van der Waals surface area contributed by atoms with Gasteiger partial charge in [0.05, 0.1) is 21.8 Å². The summed E-state index contributed by atoms with van der Waals surface area (Å²) in [5.41, 5.74) is 0.322. The Morgan fingerprint density at radius 1 is 0.857 bits per heavy atom. The lowest BCUT2D eigenvalue weighted by Crippen LogP contribution is -2.29. The fourth-order valence-electron chi connectivity index (χ4n) is 2.97. The van der Waals surface area contributed by atoms with Crippen molar-refractivity contribution in [1.29, 1.82) is 0 Å². The van der Waals surface area contributed by atoms with Gasteiger partial charge in [-0.25, -0.2) is 12.7 Å². The number of hydrogen-bond donors (Lipinski definition) is 0. The molecule has 0 fully saturated rings. The summed E-state index contributed by atoms with van der Waals surface area (Å²) in [7, 11) is -4.12. The van der Waals surface area contributed by atoms with Crippen molar-refractivity contribution in [2.45, 2.75) is 27.8 Å². The van der Waals surface area contributed by atoms with Gasteiger partial charge in [-0.1, -0.05) is 41.6 Å². The molecule has 3 aromatic rings. The summed E-state index contributed by atoms with van der Waals surface area (Å²) in [6.07, 6.45) is -4.57. The van der Waals surface area contributed by atoms with E-state index in [1.54, 1.807) is 36.4 Å². The Balaban J connectivity index is 1.97. The molecule has 0 bridgehead atoms. The van der Waals surface area contributed by atoms with Gasteiger partial charge in [-0.15, -0.1) is 0 Å². The van der Waals surface area contributed by atoms with Crippen LogP contribution >= 0.6 is 11.8 Å². The highest BCUT2D eigenvalue weighted by Crippen LogP contribution is 2.51. The lowest BCUT2D eigenvalue weighted by molar-refractivity contribution is -0.137. The maximum atomic E-state index is 13.4. The van der Waals surface area contributed by atoms with E-state index >= 15 is 0 Å². The smallest absolute Gasteiger partial charge is 0.232 e. The monoisotopic (exact) mass is 421 g/mol. The molecule has 8 heteroatoms. The van der Waals surface area contributed by atoms with Crippen molar-refractivity contribution in [3.05, 3.63) is 77.9 Å². The van der Waals surface area contributed by atoms with Crippen LogP contribution in [0.1, 0.15) is 11.1 Å². The van der Waals surface area contributed by atoms with Gasteiger partial charge < -0.3 is 0 Å². The number of fused-ring (bicyclic) bond motifs is 2. The molecule has 0 saturated heterocycles. The Hall–Kier alpha value is -2.45. The molecule has 0 N–H and O–H groups in total. The first-order valence-electron chi connectivity index (χ1n) is 8.28. The third-order valence-corrected chi connectivity index (χ3v) is 7.24. The lowest BCUT2D eigenvalue weighted by atomic mass is 10.2. The number of nitrogens with zero attached hydrogens (tertiary/aromatic N) is 1. The normalized spacial score (nSPS) is 13.8. The molecule has 1 aliphatic heterocycles. The van der Waals surface area contributed by atoms with Crippen LogP contribution in [0.4, 0.5) is 24.5 Å². The molecule has 1 heterocycles. The minimum atomic E-state index is -4.57. The molecule has 0 amide bonds. The Kier molecular flexibility index (Phi) is 4.43. The number of halogens is 3. The second-order valence-electron chi connectivity index (χ2n) is 6.33. The van der Waals surface area contributed by atoms with Crippen LogP contribution in [0.15, 0.2) is 81.4 Å². The molecular weight excluding hydrogens is 407 g/mol. The Labute approximate surface area is 164 Å². The van der Waals surface area contributed by atoms with E-state index in [0.717, 1.165) is 22.0 Å². The van der Waals surface area contributed by atoms with Crippen molar-refractivity contribution in [2.24, 2.45) is 0 Å². The molecule has 0 radical (unpaired) electrons. The van der Waals surface area contributed by atoms with Crippen LogP contribution in [0.25, 0.3) is 0 Å². The van der Waals surface area contributed by atoms with Gasteiger partial charge in [0, 0.05) is 9.79 Å². The Morgan fingerprint density at radius 2 is 1.50 bits per heavy atom. The average Bonchev–Trinajstić information content (AvgIpc) is 2.65. The first kappa shape index (κ1) is 18.9. The van der Waals surface area contributed by atoms with Gasteiger partial charge >= 0.3 is 6.18 Å². The molecule has 4 rings (SSSR count). The van der Waals surface area contributed by atoms with Crippen molar-refractivity contribution >= 4 is 33.2 Å². The summed E-state index contributed by atoms with van der Waals surface area (Å²) in [6, 6.07) is 16.2. The Morgan fingerprint density at radius 3 is 2.18 bits per heavy atom. The zero-order valence-corrected chi connectivity index (χ0v) is 16.2. The molecule has 1 aliphatic rings. The molecule has 28 heavy (non-hydrogen) atoms. The highest BCUT2D eigenvalue weighted by atomic mass is 32.2. The van der Waals surface area contributed by atoms with E-state index < -0.39 is 21.8 Å². The molecule has 144 valence electrons. The number of rotatable bonds is 2. The number of aryl methyl sites for hydroxylation is 1. The summed E-state index contributed by atoms with van der Waals surface area (Å²) in [6.45, 7) is 1.83. The quantitative estimate of drug-likeness (QED) is 0.509. The van der Waals surface area contributed by atoms with Gasteiger partial charge in [-0.2, -0.15) is 13.2 Å². The van der Waals surface area contributed by atoms with Gasteiger partial charge in [0.1, 0.15) is 0 Å². The lowest BCUT2D eigenvalue weighted by Gasteiger charge is -2.32. The summed E-state index contributed by atoms with van der Waals surface area (Å²) in [5, 5.41) is 0. The first-order chi connectivity index (χ1) is 13.2. The second-order valence-corrected chi connectivity index (χ2v) is 9.20. The number of hydrogen-bond acceptors (Lipinski definition) is 3. The van der Waals surface area contributed by atoms with E-state index in [0.29, 0.717) is 15.5 Å². The predicted molar refractivity (Wildman–Crippen MR) is 103 cm³/mol. The van der Waals surface area contributed by atoms with E-state index in [9.17, 15) is 21.6 Å². The predicted octanol–water partition coefficient (Wildman–Crippen LogP) is 6.01. The van der Waals surface area contributed by atoms with Crippen molar-refractivity contribution in [3.8, 4) is 0 Å². The SMILES string of the molecule is Cc1ccc(S(=O)(=O)N2c3ccccc3Sc3ccc(C(F)(F)F)cc32)cc1. The molecule has 0 atom stereocenters. The summed E-state index contributed by atoms with van der Waals surface area (Å²) in [4.78, 5) is 1.12. The topological polar surface area (TPSA) is 37.4 Å². The van der Waals surface area contributed by atoms with E-state index in [4.69, 9.17) is 0 Å². The molecule has 0 saturated carbocycles. The van der Waals surface area contributed by atoms with Crippen LogP contribution < -0.4 is 4.31 Å². The number of anilines is 2. The minimum Gasteiger partial charge on any atom is -0.232 e. The molecule has 0 unspecified atom stereocenters. The number of sulfonamides is 1. The maximum Gasteiger partial charge on any atom is 0.416 e. The van der Waals surface area contributed by atoms with E-state index in [1.807, 2.05) is 6.92 Å². The van der Waals surface area contributed by atoms with Gasteiger partial charge in [-0.05, 0) is 49.4 Å². The van der Waals surface area contributed by atoms with E-state index in [2.05, 4.69) is 0 Å². The Bertz CT molecular complexity index is 1160. The van der Waals surface area contributed by atoms with Crippen LogP contribution in [0.3, 0.4) is 0 Å². The zero-order valence-electron chi connectivity index (χ0n) is 14.6. The molecule has 3 aromatic carbocycles. The van der Waals surface area contributed by atoms with Crippen molar-refractivity contribution in [3.63, 3.8) is 0 Å². The average molecular weight is 421 g/mol.